The molecule has 2 aromatic rings. The molecular weight excluding hydrogens is 230 g/mol. The van der Waals surface area contributed by atoms with E-state index in [-0.39, 0.29) is 17.2 Å². The number of anilines is 1. The lowest BCUT2D eigenvalue weighted by atomic mass is 10.00. The number of benzene rings is 1. The van der Waals surface area contributed by atoms with Crippen molar-refractivity contribution in [2.45, 2.75) is 0 Å². The number of Topliss-reactive ketones (excluding diaryl/α,β-unsaturated/α-hetero) is 1. The second-order valence-corrected chi connectivity index (χ2v) is 3.68. The van der Waals surface area contributed by atoms with Crippen molar-refractivity contribution in [3.63, 3.8) is 0 Å². The van der Waals surface area contributed by atoms with Crippen LogP contribution < -0.4 is 11.4 Å². The third-order valence-corrected chi connectivity index (χ3v) is 2.47. The Hall–Kier alpha value is -2.69. The summed E-state index contributed by atoms with van der Waals surface area (Å²) in [7, 11) is 0. The number of rotatable bonds is 3. The fourth-order valence-electron chi connectivity index (χ4n) is 1.54. The molecular formula is C13H11N3O2. The van der Waals surface area contributed by atoms with Gasteiger partial charge < -0.3 is 10.7 Å². The number of hydrogen-bond donors (Lipinski definition) is 2. The van der Waals surface area contributed by atoms with Gasteiger partial charge in [-0.3, -0.25) is 4.79 Å². The van der Waals surface area contributed by atoms with Crippen molar-refractivity contribution in [1.29, 1.82) is 0 Å². The highest BCUT2D eigenvalue weighted by atomic mass is 16.1. The molecule has 2 rings (SSSR count). The third-order valence-electron chi connectivity index (χ3n) is 2.47. The number of carbonyl (C=O) groups excluding carboxylic acids is 1. The van der Waals surface area contributed by atoms with Gasteiger partial charge in [-0.25, -0.2) is 4.79 Å². The fraction of sp³-hybridized carbons (Fsp3) is 0. The van der Waals surface area contributed by atoms with Crippen molar-refractivity contribution in [1.82, 2.24) is 9.97 Å². The first-order valence-corrected chi connectivity index (χ1v) is 5.24. The number of carbonyl (C=O) groups is 1. The van der Waals surface area contributed by atoms with Crippen LogP contribution in [-0.2, 0) is 0 Å². The molecule has 0 aliphatic rings. The molecule has 0 atom stereocenters. The molecule has 0 spiro atoms. The standard InChI is InChI=1S/C13H11N3O2/c1-8(10-7-15-13(18)16-12(10)14)11(17)9-5-3-2-4-6-9/h2-7H,1H2,(H3,14,15,16,18). The zero-order chi connectivity index (χ0) is 13.1. The molecule has 3 N–H and O–H groups in total. The first kappa shape index (κ1) is 11.8. The average Bonchev–Trinajstić information content (AvgIpc) is 2.38. The molecule has 0 fully saturated rings. The Kier molecular flexibility index (Phi) is 3.05. The van der Waals surface area contributed by atoms with Gasteiger partial charge >= 0.3 is 5.69 Å². The largest absolute Gasteiger partial charge is 0.383 e. The summed E-state index contributed by atoms with van der Waals surface area (Å²) < 4.78 is 0. The number of nitrogens with zero attached hydrogens (tertiary/aromatic N) is 1. The topological polar surface area (TPSA) is 88.8 Å². The Morgan fingerprint density at radius 1 is 1.28 bits per heavy atom. The van der Waals surface area contributed by atoms with E-state index in [1.54, 1.807) is 24.3 Å². The van der Waals surface area contributed by atoms with Gasteiger partial charge in [0.15, 0.2) is 5.78 Å². The molecule has 5 nitrogen and oxygen atoms in total. The van der Waals surface area contributed by atoms with E-state index < -0.39 is 5.69 Å². The number of allylic oxidation sites excluding steroid dienone is 1. The summed E-state index contributed by atoms with van der Waals surface area (Å²) >= 11 is 0. The minimum Gasteiger partial charge on any atom is -0.383 e. The van der Waals surface area contributed by atoms with Gasteiger partial charge in [0.1, 0.15) is 5.82 Å². The molecule has 90 valence electrons. The van der Waals surface area contributed by atoms with E-state index >= 15 is 0 Å². The van der Waals surface area contributed by atoms with Crippen LogP contribution in [0, 0.1) is 0 Å². The molecule has 1 heterocycles. The highest BCUT2D eigenvalue weighted by molar-refractivity contribution is 6.29. The second kappa shape index (κ2) is 4.67. The molecule has 18 heavy (non-hydrogen) atoms. The molecule has 0 saturated heterocycles. The summed E-state index contributed by atoms with van der Waals surface area (Å²) in [6, 6.07) is 8.70. The minimum atomic E-state index is -0.559. The van der Waals surface area contributed by atoms with Gasteiger partial charge in [-0.15, -0.1) is 0 Å². The maximum Gasteiger partial charge on any atom is 0.346 e. The lowest BCUT2D eigenvalue weighted by Crippen LogP contribution is -2.15. The van der Waals surface area contributed by atoms with E-state index in [9.17, 15) is 9.59 Å². The first-order chi connectivity index (χ1) is 8.59. The fourth-order valence-corrected chi connectivity index (χ4v) is 1.54. The minimum absolute atomic E-state index is 0.00645. The number of hydrogen-bond acceptors (Lipinski definition) is 4. The summed E-state index contributed by atoms with van der Waals surface area (Å²) in [5.74, 6) is -0.260. The maximum absolute atomic E-state index is 12.1. The molecule has 0 aliphatic carbocycles. The summed E-state index contributed by atoms with van der Waals surface area (Å²) in [4.78, 5) is 28.9. The zero-order valence-electron chi connectivity index (χ0n) is 9.51. The van der Waals surface area contributed by atoms with Crippen LogP contribution >= 0.6 is 0 Å². The van der Waals surface area contributed by atoms with Crippen molar-refractivity contribution < 1.29 is 4.79 Å². The van der Waals surface area contributed by atoms with Crippen molar-refractivity contribution >= 4 is 17.2 Å². The highest BCUT2D eigenvalue weighted by Gasteiger charge is 2.15. The molecule has 0 saturated carbocycles. The van der Waals surface area contributed by atoms with Gasteiger partial charge in [0.2, 0.25) is 0 Å². The average molecular weight is 241 g/mol. The van der Waals surface area contributed by atoms with Crippen LogP contribution in [0.15, 0.2) is 47.9 Å². The van der Waals surface area contributed by atoms with Crippen LogP contribution in [0.25, 0.3) is 5.57 Å². The molecule has 1 aromatic carbocycles. The van der Waals surface area contributed by atoms with Crippen LogP contribution in [0.3, 0.4) is 0 Å². The summed E-state index contributed by atoms with van der Waals surface area (Å²) in [6.45, 7) is 3.70. The first-order valence-electron chi connectivity index (χ1n) is 5.24. The Balaban J connectivity index is 2.38. The predicted molar refractivity (Wildman–Crippen MR) is 69.1 cm³/mol. The Labute approximate surface area is 103 Å². The van der Waals surface area contributed by atoms with Gasteiger partial charge in [0.05, 0.1) is 0 Å². The number of H-pyrrole nitrogens is 1. The van der Waals surface area contributed by atoms with Gasteiger partial charge in [-0.2, -0.15) is 4.98 Å². The van der Waals surface area contributed by atoms with E-state index in [0.29, 0.717) is 11.1 Å². The van der Waals surface area contributed by atoms with E-state index in [2.05, 4.69) is 16.5 Å². The molecule has 0 amide bonds. The monoisotopic (exact) mass is 241 g/mol. The van der Waals surface area contributed by atoms with Gasteiger partial charge in [-0.05, 0) is 0 Å². The quantitative estimate of drug-likeness (QED) is 0.625. The van der Waals surface area contributed by atoms with Crippen molar-refractivity contribution in [2.24, 2.45) is 0 Å². The van der Waals surface area contributed by atoms with Crippen LogP contribution in [0.4, 0.5) is 5.82 Å². The van der Waals surface area contributed by atoms with Crippen molar-refractivity contribution in [3.05, 3.63) is 64.7 Å². The van der Waals surface area contributed by atoms with Gasteiger partial charge in [0, 0.05) is 22.9 Å². The third kappa shape index (κ3) is 2.20. The highest BCUT2D eigenvalue weighted by Crippen LogP contribution is 2.20. The lowest BCUT2D eigenvalue weighted by Gasteiger charge is -2.06. The van der Waals surface area contributed by atoms with E-state index in [0.717, 1.165) is 0 Å². The van der Waals surface area contributed by atoms with E-state index in [4.69, 9.17) is 5.73 Å². The smallest absolute Gasteiger partial charge is 0.346 e. The normalized spacial score (nSPS) is 10.0. The van der Waals surface area contributed by atoms with Crippen LogP contribution in [-0.4, -0.2) is 15.8 Å². The Morgan fingerprint density at radius 3 is 2.56 bits per heavy atom. The number of nitrogens with two attached hydrogens (primary N) is 1. The number of aromatic amines is 1. The summed E-state index contributed by atoms with van der Waals surface area (Å²) in [5, 5.41) is 0. The molecule has 0 bridgehead atoms. The molecule has 0 aliphatic heterocycles. The Morgan fingerprint density at radius 2 is 1.94 bits per heavy atom. The second-order valence-electron chi connectivity index (χ2n) is 3.68. The van der Waals surface area contributed by atoms with Crippen molar-refractivity contribution in [3.8, 4) is 0 Å². The predicted octanol–water partition coefficient (Wildman–Crippen LogP) is 1.25. The number of ketones is 1. The Bertz CT molecular complexity index is 659. The van der Waals surface area contributed by atoms with Crippen LogP contribution in [0.5, 0.6) is 0 Å². The van der Waals surface area contributed by atoms with Crippen molar-refractivity contribution in [2.75, 3.05) is 5.73 Å². The van der Waals surface area contributed by atoms with E-state index in [1.807, 2.05) is 6.07 Å². The van der Waals surface area contributed by atoms with Gasteiger partial charge in [-0.1, -0.05) is 36.9 Å². The molecule has 5 heteroatoms. The number of nitrogen functional groups attached to an aromatic ring is 1. The SMILES string of the molecule is C=C(C(=O)c1ccccc1)c1c[nH]c(=O)nc1N. The summed E-state index contributed by atoms with van der Waals surface area (Å²) in [5.41, 5.74) is 6.08. The van der Waals surface area contributed by atoms with E-state index in [1.165, 1.54) is 6.20 Å². The van der Waals surface area contributed by atoms with Gasteiger partial charge in [0.25, 0.3) is 0 Å². The molecule has 0 radical (unpaired) electrons. The number of aromatic nitrogens is 2. The zero-order valence-corrected chi connectivity index (χ0v) is 9.51. The molecule has 0 unspecified atom stereocenters. The summed E-state index contributed by atoms with van der Waals surface area (Å²) in [6.07, 6.45) is 1.34. The van der Waals surface area contributed by atoms with Crippen LogP contribution in [0.2, 0.25) is 0 Å². The molecule has 1 aromatic heterocycles. The lowest BCUT2D eigenvalue weighted by molar-refractivity contribution is 0.105. The maximum atomic E-state index is 12.1. The number of nitrogens with one attached hydrogen (secondary N) is 1. The van der Waals surface area contributed by atoms with Crippen LogP contribution in [0.1, 0.15) is 15.9 Å².